The Labute approximate surface area is 58.2 Å². The van der Waals surface area contributed by atoms with Gasteiger partial charge in [0.1, 0.15) is 5.82 Å². The number of nitrogens with zero attached hydrogens (tertiary/aromatic N) is 1. The SMILES string of the molecule is Fc1ccc2c(c1)N=CC2. The highest BCUT2D eigenvalue weighted by Gasteiger charge is 2.05. The molecule has 0 atom stereocenters. The van der Waals surface area contributed by atoms with E-state index in [1.54, 1.807) is 12.3 Å². The molecule has 0 unspecified atom stereocenters. The molecule has 0 amide bonds. The van der Waals surface area contributed by atoms with Gasteiger partial charge in [-0.1, -0.05) is 6.07 Å². The number of hydrogen-bond donors (Lipinski definition) is 0. The van der Waals surface area contributed by atoms with E-state index in [2.05, 4.69) is 4.99 Å². The number of hydrogen-bond acceptors (Lipinski definition) is 1. The van der Waals surface area contributed by atoms with E-state index in [1.807, 2.05) is 0 Å². The fourth-order valence-corrected chi connectivity index (χ4v) is 1.07. The highest BCUT2D eigenvalue weighted by atomic mass is 19.1. The van der Waals surface area contributed by atoms with Crippen molar-refractivity contribution in [3.8, 4) is 0 Å². The van der Waals surface area contributed by atoms with Crippen LogP contribution >= 0.6 is 0 Å². The van der Waals surface area contributed by atoms with Crippen LogP contribution in [0.25, 0.3) is 0 Å². The summed E-state index contributed by atoms with van der Waals surface area (Å²) in [6, 6.07) is 4.70. The Balaban J connectivity index is 2.60. The van der Waals surface area contributed by atoms with Crippen molar-refractivity contribution < 1.29 is 4.39 Å². The van der Waals surface area contributed by atoms with Crippen molar-refractivity contribution in [2.45, 2.75) is 6.42 Å². The first-order valence-electron chi connectivity index (χ1n) is 3.17. The average Bonchev–Trinajstić information content (AvgIpc) is 2.33. The summed E-state index contributed by atoms with van der Waals surface area (Å²) < 4.78 is 12.5. The van der Waals surface area contributed by atoms with Crippen molar-refractivity contribution in [3.63, 3.8) is 0 Å². The van der Waals surface area contributed by atoms with Crippen molar-refractivity contribution in [3.05, 3.63) is 29.6 Å². The third-order valence-electron chi connectivity index (χ3n) is 1.59. The minimum Gasteiger partial charge on any atom is -0.260 e. The van der Waals surface area contributed by atoms with Gasteiger partial charge in [0, 0.05) is 12.6 Å². The summed E-state index contributed by atoms with van der Waals surface area (Å²) in [5, 5.41) is 0. The van der Waals surface area contributed by atoms with Gasteiger partial charge in [0.15, 0.2) is 0 Å². The van der Waals surface area contributed by atoms with Crippen molar-refractivity contribution in [2.75, 3.05) is 0 Å². The molecule has 0 spiro atoms. The predicted molar refractivity (Wildman–Crippen MR) is 38.3 cm³/mol. The molecule has 0 aliphatic carbocycles. The second kappa shape index (κ2) is 1.90. The Morgan fingerprint density at radius 1 is 1.40 bits per heavy atom. The van der Waals surface area contributed by atoms with Crippen molar-refractivity contribution in [1.29, 1.82) is 0 Å². The smallest absolute Gasteiger partial charge is 0.125 e. The van der Waals surface area contributed by atoms with Gasteiger partial charge >= 0.3 is 0 Å². The maximum Gasteiger partial charge on any atom is 0.125 e. The van der Waals surface area contributed by atoms with E-state index in [0.717, 1.165) is 17.7 Å². The van der Waals surface area contributed by atoms with Crippen LogP contribution in [0.1, 0.15) is 5.56 Å². The van der Waals surface area contributed by atoms with Gasteiger partial charge in [-0.15, -0.1) is 0 Å². The summed E-state index contributed by atoms with van der Waals surface area (Å²) in [5.41, 5.74) is 1.89. The third-order valence-corrected chi connectivity index (χ3v) is 1.59. The predicted octanol–water partition coefficient (Wildman–Crippen LogP) is 2.08. The van der Waals surface area contributed by atoms with Gasteiger partial charge in [-0.2, -0.15) is 0 Å². The van der Waals surface area contributed by atoms with E-state index in [-0.39, 0.29) is 5.82 Å². The fraction of sp³-hybridized carbons (Fsp3) is 0.125. The standard InChI is InChI=1S/C8H6FN/c9-7-2-1-6-3-4-10-8(6)5-7/h1-2,4-5H,3H2. The molecule has 1 heterocycles. The molecule has 0 N–H and O–H groups in total. The second-order valence-electron chi connectivity index (χ2n) is 2.29. The van der Waals surface area contributed by atoms with Crippen LogP contribution in [0.3, 0.4) is 0 Å². The van der Waals surface area contributed by atoms with E-state index < -0.39 is 0 Å². The normalized spacial score (nSPS) is 13.7. The van der Waals surface area contributed by atoms with Gasteiger partial charge in [0.05, 0.1) is 5.69 Å². The topological polar surface area (TPSA) is 12.4 Å². The Kier molecular flexibility index (Phi) is 1.07. The third kappa shape index (κ3) is 0.727. The minimum absolute atomic E-state index is 0.210. The molecular formula is C8H6FN. The highest BCUT2D eigenvalue weighted by molar-refractivity contribution is 5.75. The number of fused-ring (bicyclic) bond motifs is 1. The lowest BCUT2D eigenvalue weighted by atomic mass is 10.1. The molecule has 2 heteroatoms. The molecule has 2 rings (SSSR count). The fourth-order valence-electron chi connectivity index (χ4n) is 1.07. The molecule has 0 saturated heterocycles. The molecule has 50 valence electrons. The first kappa shape index (κ1) is 5.59. The molecule has 1 nitrogen and oxygen atoms in total. The van der Waals surface area contributed by atoms with Crippen LogP contribution in [0, 0.1) is 5.82 Å². The van der Waals surface area contributed by atoms with Gasteiger partial charge in [-0.3, -0.25) is 4.99 Å². The first-order chi connectivity index (χ1) is 4.86. The Morgan fingerprint density at radius 3 is 3.20 bits per heavy atom. The molecule has 1 aliphatic rings. The van der Waals surface area contributed by atoms with Crippen LogP contribution in [-0.4, -0.2) is 6.21 Å². The Morgan fingerprint density at radius 2 is 2.30 bits per heavy atom. The summed E-state index contributed by atoms with van der Waals surface area (Å²) in [6.07, 6.45) is 2.64. The number of halogens is 1. The second-order valence-corrected chi connectivity index (χ2v) is 2.29. The summed E-state index contributed by atoms with van der Waals surface area (Å²) in [6.45, 7) is 0. The van der Waals surface area contributed by atoms with Crippen LogP contribution in [0.5, 0.6) is 0 Å². The number of rotatable bonds is 0. The van der Waals surface area contributed by atoms with Gasteiger partial charge < -0.3 is 0 Å². The van der Waals surface area contributed by atoms with Crippen LogP contribution in [0.2, 0.25) is 0 Å². The molecular weight excluding hydrogens is 129 g/mol. The van der Waals surface area contributed by atoms with E-state index >= 15 is 0 Å². The average molecular weight is 135 g/mol. The van der Waals surface area contributed by atoms with Crippen LogP contribution in [-0.2, 0) is 6.42 Å². The van der Waals surface area contributed by atoms with E-state index in [4.69, 9.17) is 0 Å². The molecule has 0 fully saturated rings. The maximum atomic E-state index is 12.5. The number of benzene rings is 1. The van der Waals surface area contributed by atoms with E-state index in [1.165, 1.54) is 12.1 Å². The van der Waals surface area contributed by atoms with Crippen LogP contribution in [0.4, 0.5) is 10.1 Å². The van der Waals surface area contributed by atoms with Gasteiger partial charge in [-0.05, 0) is 17.7 Å². The zero-order valence-corrected chi connectivity index (χ0v) is 5.34. The van der Waals surface area contributed by atoms with Gasteiger partial charge in [0.25, 0.3) is 0 Å². The van der Waals surface area contributed by atoms with Gasteiger partial charge in [0.2, 0.25) is 0 Å². The highest BCUT2D eigenvalue weighted by Crippen LogP contribution is 2.24. The summed E-state index contributed by atoms with van der Waals surface area (Å²) >= 11 is 0. The number of aliphatic imine (C=N–C) groups is 1. The quantitative estimate of drug-likeness (QED) is 0.516. The van der Waals surface area contributed by atoms with Crippen molar-refractivity contribution in [2.24, 2.45) is 4.99 Å². The lowest BCUT2D eigenvalue weighted by Gasteiger charge is -1.94. The molecule has 10 heavy (non-hydrogen) atoms. The zero-order valence-electron chi connectivity index (χ0n) is 5.34. The van der Waals surface area contributed by atoms with Gasteiger partial charge in [-0.25, -0.2) is 4.39 Å². The van der Waals surface area contributed by atoms with E-state index in [0.29, 0.717) is 0 Å². The Bertz CT molecular complexity index is 291. The van der Waals surface area contributed by atoms with Crippen molar-refractivity contribution >= 4 is 11.9 Å². The summed E-state index contributed by atoms with van der Waals surface area (Å²) in [7, 11) is 0. The minimum atomic E-state index is -0.210. The van der Waals surface area contributed by atoms with E-state index in [9.17, 15) is 4.39 Å². The largest absolute Gasteiger partial charge is 0.260 e. The molecule has 0 radical (unpaired) electrons. The Hall–Kier alpha value is -1.18. The molecule has 1 aromatic rings. The molecule has 0 bridgehead atoms. The maximum absolute atomic E-state index is 12.5. The van der Waals surface area contributed by atoms with Crippen molar-refractivity contribution in [1.82, 2.24) is 0 Å². The first-order valence-corrected chi connectivity index (χ1v) is 3.17. The molecule has 1 aliphatic heterocycles. The van der Waals surface area contributed by atoms with Crippen LogP contribution in [0.15, 0.2) is 23.2 Å². The zero-order chi connectivity index (χ0) is 6.97. The summed E-state index contributed by atoms with van der Waals surface area (Å²) in [5.74, 6) is -0.210. The summed E-state index contributed by atoms with van der Waals surface area (Å²) in [4.78, 5) is 4.00. The lowest BCUT2D eigenvalue weighted by molar-refractivity contribution is 0.628. The molecule has 1 aromatic carbocycles. The molecule has 0 aromatic heterocycles. The lowest BCUT2D eigenvalue weighted by Crippen LogP contribution is -1.78. The monoisotopic (exact) mass is 135 g/mol. The van der Waals surface area contributed by atoms with Crippen LogP contribution < -0.4 is 0 Å². The molecule has 0 saturated carbocycles.